The molecule has 1 heterocycles. The van der Waals surface area contributed by atoms with Gasteiger partial charge in [0.25, 0.3) is 0 Å². The van der Waals surface area contributed by atoms with Crippen LogP contribution in [0.1, 0.15) is 58.3 Å². The van der Waals surface area contributed by atoms with Gasteiger partial charge in [-0.25, -0.2) is 0 Å². The van der Waals surface area contributed by atoms with Gasteiger partial charge in [-0.1, -0.05) is 26.2 Å². The van der Waals surface area contributed by atoms with Crippen LogP contribution in [0.4, 0.5) is 0 Å². The van der Waals surface area contributed by atoms with E-state index in [2.05, 4.69) is 5.32 Å². The quantitative estimate of drug-likeness (QED) is 0.845. The van der Waals surface area contributed by atoms with Crippen molar-refractivity contribution in [1.29, 1.82) is 0 Å². The van der Waals surface area contributed by atoms with Gasteiger partial charge in [-0.2, -0.15) is 0 Å². The van der Waals surface area contributed by atoms with Crippen molar-refractivity contribution in [2.24, 2.45) is 5.92 Å². The lowest BCUT2D eigenvalue weighted by molar-refractivity contribution is -0.153. The summed E-state index contributed by atoms with van der Waals surface area (Å²) in [7, 11) is 0. The Morgan fingerprint density at radius 3 is 2.37 bits per heavy atom. The first-order valence-electron chi connectivity index (χ1n) is 7.85. The highest BCUT2D eigenvalue weighted by Gasteiger charge is 2.48. The van der Waals surface area contributed by atoms with Crippen molar-refractivity contribution in [2.75, 3.05) is 0 Å². The Morgan fingerprint density at radius 1 is 1.11 bits per heavy atom. The lowest BCUT2D eigenvalue weighted by Crippen LogP contribution is -2.66. The molecule has 3 fully saturated rings. The Kier molecular flexibility index (Phi) is 3.50. The third-order valence-corrected chi connectivity index (χ3v) is 4.90. The first-order valence-corrected chi connectivity index (χ1v) is 7.85. The molecule has 2 saturated carbocycles. The molecule has 4 nitrogen and oxygen atoms in total. The fourth-order valence-corrected chi connectivity index (χ4v) is 3.68. The maximum absolute atomic E-state index is 12.7. The molecule has 0 aromatic heterocycles. The Labute approximate surface area is 114 Å². The fraction of sp³-hybridized carbons (Fsp3) is 0.867. The van der Waals surface area contributed by atoms with Crippen molar-refractivity contribution < 1.29 is 9.59 Å². The highest BCUT2D eigenvalue weighted by molar-refractivity contribution is 5.97. The van der Waals surface area contributed by atoms with Crippen LogP contribution >= 0.6 is 0 Å². The molecule has 1 N–H and O–H groups in total. The SMILES string of the molecule is CCC1C(=O)NC(C2CC2)C(=O)N1C1CCCCC1. The molecule has 0 bridgehead atoms. The van der Waals surface area contributed by atoms with Crippen molar-refractivity contribution in [2.45, 2.75) is 76.4 Å². The molecule has 0 aromatic carbocycles. The fourth-order valence-electron chi connectivity index (χ4n) is 3.68. The third-order valence-electron chi connectivity index (χ3n) is 4.90. The van der Waals surface area contributed by atoms with Crippen molar-refractivity contribution in [3.8, 4) is 0 Å². The summed E-state index contributed by atoms with van der Waals surface area (Å²) >= 11 is 0. The molecule has 4 heteroatoms. The Balaban J connectivity index is 1.81. The van der Waals surface area contributed by atoms with Crippen molar-refractivity contribution in [3.63, 3.8) is 0 Å². The van der Waals surface area contributed by atoms with Crippen LogP contribution < -0.4 is 5.32 Å². The monoisotopic (exact) mass is 264 g/mol. The van der Waals surface area contributed by atoms with Crippen LogP contribution in [0.15, 0.2) is 0 Å². The molecule has 2 atom stereocenters. The van der Waals surface area contributed by atoms with E-state index in [0.29, 0.717) is 12.0 Å². The molecule has 0 aromatic rings. The van der Waals surface area contributed by atoms with Crippen LogP contribution in [-0.2, 0) is 9.59 Å². The van der Waals surface area contributed by atoms with Crippen LogP contribution in [-0.4, -0.2) is 34.8 Å². The average molecular weight is 264 g/mol. The minimum Gasteiger partial charge on any atom is -0.342 e. The summed E-state index contributed by atoms with van der Waals surface area (Å²) < 4.78 is 0. The van der Waals surface area contributed by atoms with E-state index in [9.17, 15) is 9.59 Å². The van der Waals surface area contributed by atoms with Gasteiger partial charge in [-0.05, 0) is 38.0 Å². The van der Waals surface area contributed by atoms with Crippen molar-refractivity contribution in [1.82, 2.24) is 10.2 Å². The molecular weight excluding hydrogens is 240 g/mol. The van der Waals surface area contributed by atoms with E-state index in [1.54, 1.807) is 0 Å². The lowest BCUT2D eigenvalue weighted by Gasteiger charge is -2.44. The van der Waals surface area contributed by atoms with Gasteiger partial charge in [0.15, 0.2) is 0 Å². The van der Waals surface area contributed by atoms with E-state index < -0.39 is 0 Å². The van der Waals surface area contributed by atoms with Gasteiger partial charge < -0.3 is 10.2 Å². The normalized spacial score (nSPS) is 33.4. The van der Waals surface area contributed by atoms with Crippen LogP contribution in [0.3, 0.4) is 0 Å². The van der Waals surface area contributed by atoms with E-state index in [0.717, 1.165) is 32.1 Å². The zero-order valence-electron chi connectivity index (χ0n) is 11.7. The minimum absolute atomic E-state index is 0.0737. The second-order valence-corrected chi connectivity index (χ2v) is 6.29. The van der Waals surface area contributed by atoms with Crippen LogP contribution in [0.2, 0.25) is 0 Å². The van der Waals surface area contributed by atoms with E-state index in [1.165, 1.54) is 19.3 Å². The molecule has 2 amide bonds. The highest BCUT2D eigenvalue weighted by Crippen LogP contribution is 2.37. The molecule has 19 heavy (non-hydrogen) atoms. The zero-order valence-corrected chi connectivity index (χ0v) is 11.7. The minimum atomic E-state index is -0.231. The van der Waals surface area contributed by atoms with Crippen molar-refractivity contribution in [3.05, 3.63) is 0 Å². The van der Waals surface area contributed by atoms with Crippen LogP contribution in [0, 0.1) is 5.92 Å². The number of amides is 2. The molecule has 2 unspecified atom stereocenters. The largest absolute Gasteiger partial charge is 0.342 e. The molecule has 1 saturated heterocycles. The van der Waals surface area contributed by atoms with Gasteiger partial charge in [-0.3, -0.25) is 9.59 Å². The van der Waals surface area contributed by atoms with Gasteiger partial charge in [0.1, 0.15) is 12.1 Å². The van der Waals surface area contributed by atoms with Gasteiger partial charge in [0, 0.05) is 6.04 Å². The molecule has 106 valence electrons. The Bertz CT molecular complexity index is 372. The smallest absolute Gasteiger partial charge is 0.246 e. The summed E-state index contributed by atoms with van der Waals surface area (Å²) in [6, 6.07) is -0.152. The summed E-state index contributed by atoms with van der Waals surface area (Å²) in [5.41, 5.74) is 0. The van der Waals surface area contributed by atoms with Gasteiger partial charge in [-0.15, -0.1) is 0 Å². The number of carbonyl (C=O) groups is 2. The summed E-state index contributed by atoms with van der Waals surface area (Å²) in [6.45, 7) is 2.00. The zero-order chi connectivity index (χ0) is 13.4. The van der Waals surface area contributed by atoms with Gasteiger partial charge in [0.05, 0.1) is 0 Å². The number of hydrogen-bond donors (Lipinski definition) is 1. The number of carbonyl (C=O) groups excluding carboxylic acids is 2. The molecular formula is C15H24N2O2. The van der Waals surface area contributed by atoms with E-state index in [-0.39, 0.29) is 23.9 Å². The van der Waals surface area contributed by atoms with Crippen molar-refractivity contribution >= 4 is 11.8 Å². The lowest BCUT2D eigenvalue weighted by atomic mass is 9.90. The summed E-state index contributed by atoms with van der Waals surface area (Å²) in [6.07, 6.45) is 8.72. The summed E-state index contributed by atoms with van der Waals surface area (Å²) in [5.74, 6) is 0.672. The maximum atomic E-state index is 12.7. The van der Waals surface area contributed by atoms with E-state index >= 15 is 0 Å². The molecule has 3 rings (SSSR count). The Morgan fingerprint density at radius 2 is 1.79 bits per heavy atom. The number of hydrogen-bond acceptors (Lipinski definition) is 2. The third kappa shape index (κ3) is 2.37. The number of piperazine rings is 1. The van der Waals surface area contributed by atoms with Crippen LogP contribution in [0.25, 0.3) is 0 Å². The number of rotatable bonds is 3. The maximum Gasteiger partial charge on any atom is 0.246 e. The summed E-state index contributed by atoms with van der Waals surface area (Å²) in [5, 5.41) is 2.97. The molecule has 0 radical (unpaired) electrons. The second-order valence-electron chi connectivity index (χ2n) is 6.29. The predicted octanol–water partition coefficient (Wildman–Crippen LogP) is 1.83. The van der Waals surface area contributed by atoms with E-state index in [1.807, 2.05) is 11.8 Å². The van der Waals surface area contributed by atoms with Gasteiger partial charge >= 0.3 is 0 Å². The second kappa shape index (κ2) is 5.14. The van der Waals surface area contributed by atoms with Crippen LogP contribution in [0.5, 0.6) is 0 Å². The number of nitrogens with one attached hydrogen (secondary N) is 1. The van der Waals surface area contributed by atoms with E-state index in [4.69, 9.17) is 0 Å². The molecule has 1 aliphatic heterocycles. The topological polar surface area (TPSA) is 49.4 Å². The summed E-state index contributed by atoms with van der Waals surface area (Å²) in [4.78, 5) is 27.0. The molecule has 2 aliphatic carbocycles. The standard InChI is InChI=1S/C15H24N2O2/c1-2-12-14(18)16-13(10-8-9-10)15(19)17(12)11-6-4-3-5-7-11/h10-13H,2-9H2,1H3,(H,16,18). The predicted molar refractivity (Wildman–Crippen MR) is 72.5 cm³/mol. The molecule has 0 spiro atoms. The first kappa shape index (κ1) is 12.9. The highest BCUT2D eigenvalue weighted by atomic mass is 16.2. The molecule has 3 aliphatic rings. The van der Waals surface area contributed by atoms with Gasteiger partial charge in [0.2, 0.25) is 11.8 Å². The first-order chi connectivity index (χ1) is 9.22. The Hall–Kier alpha value is -1.06. The number of nitrogens with zero attached hydrogens (tertiary/aromatic N) is 1. The average Bonchev–Trinajstić information content (AvgIpc) is 3.26.